The van der Waals surface area contributed by atoms with Crippen molar-refractivity contribution in [3.63, 3.8) is 0 Å². The smallest absolute Gasteiger partial charge is 0.253 e. The van der Waals surface area contributed by atoms with Crippen molar-refractivity contribution in [3.05, 3.63) is 76.1 Å². The van der Waals surface area contributed by atoms with Gasteiger partial charge in [0.05, 0.1) is 6.42 Å². The Morgan fingerprint density at radius 3 is 2.33 bits per heavy atom. The summed E-state index contributed by atoms with van der Waals surface area (Å²) in [6.45, 7) is 14.5. The highest BCUT2D eigenvalue weighted by molar-refractivity contribution is 5.93. The zero-order valence-electron chi connectivity index (χ0n) is 20.4. The molecule has 0 aliphatic rings. The summed E-state index contributed by atoms with van der Waals surface area (Å²) in [5, 5.41) is 7.74. The van der Waals surface area contributed by atoms with E-state index in [0.717, 1.165) is 39.3 Å². The Morgan fingerprint density at radius 2 is 1.67 bits per heavy atom. The number of carbonyl (C=O) groups is 1. The molecule has 6 nitrogen and oxygen atoms in total. The van der Waals surface area contributed by atoms with E-state index in [1.165, 1.54) is 5.56 Å². The first kappa shape index (κ1) is 22.6. The third kappa shape index (κ3) is 4.51. The fourth-order valence-electron chi connectivity index (χ4n) is 3.95. The van der Waals surface area contributed by atoms with Crippen molar-refractivity contribution in [1.29, 1.82) is 0 Å². The molecule has 2 aromatic heterocycles. The normalized spacial score (nSPS) is 11.7. The number of carbonyl (C=O) groups excluding carboxylic acids is 1. The average Bonchev–Trinajstić information content (AvgIpc) is 3.18. The molecule has 0 unspecified atom stereocenters. The number of fused-ring (bicyclic) bond motifs is 1. The van der Waals surface area contributed by atoms with Crippen LogP contribution in [0.3, 0.4) is 0 Å². The van der Waals surface area contributed by atoms with Gasteiger partial charge in [0.2, 0.25) is 5.91 Å². The van der Waals surface area contributed by atoms with Crippen molar-refractivity contribution < 1.29 is 4.79 Å². The monoisotopic (exact) mass is 441 g/mol. The van der Waals surface area contributed by atoms with Gasteiger partial charge in [-0.3, -0.25) is 4.79 Å². The van der Waals surface area contributed by atoms with E-state index in [9.17, 15) is 4.79 Å². The standard InChI is InChI=1S/C27H31N5O/c1-16-9-8-10-23(17(16)2)29-24(33)15-22-18(3)28-26-30-25(31-32(26)19(22)4)20-11-13-21(14-12-20)27(5,6)7/h8-14H,15H2,1-7H3,(H,29,33). The van der Waals surface area contributed by atoms with Crippen molar-refractivity contribution in [3.8, 4) is 11.4 Å². The second-order valence-corrected chi connectivity index (χ2v) is 9.71. The Hall–Kier alpha value is -3.54. The van der Waals surface area contributed by atoms with Gasteiger partial charge in [-0.15, -0.1) is 5.10 Å². The lowest BCUT2D eigenvalue weighted by molar-refractivity contribution is -0.115. The molecule has 1 amide bonds. The highest BCUT2D eigenvalue weighted by Gasteiger charge is 2.18. The first-order valence-corrected chi connectivity index (χ1v) is 11.2. The van der Waals surface area contributed by atoms with Gasteiger partial charge in [0, 0.05) is 28.2 Å². The van der Waals surface area contributed by atoms with E-state index in [2.05, 4.69) is 60.3 Å². The summed E-state index contributed by atoms with van der Waals surface area (Å²) in [7, 11) is 0. The largest absolute Gasteiger partial charge is 0.326 e. The minimum absolute atomic E-state index is 0.0749. The molecule has 4 aromatic rings. The highest BCUT2D eigenvalue weighted by atomic mass is 16.1. The molecule has 170 valence electrons. The van der Waals surface area contributed by atoms with Crippen LogP contribution in [0.4, 0.5) is 5.69 Å². The third-order valence-electron chi connectivity index (χ3n) is 6.27. The summed E-state index contributed by atoms with van der Waals surface area (Å²) in [6, 6.07) is 14.3. The number of nitrogens with one attached hydrogen (secondary N) is 1. The second-order valence-electron chi connectivity index (χ2n) is 9.71. The molecule has 1 N–H and O–H groups in total. The number of aryl methyl sites for hydroxylation is 3. The van der Waals surface area contributed by atoms with E-state index in [4.69, 9.17) is 5.10 Å². The molecule has 0 saturated heterocycles. The molecule has 0 saturated carbocycles. The van der Waals surface area contributed by atoms with Gasteiger partial charge in [0.15, 0.2) is 5.82 Å². The number of aromatic nitrogens is 4. The summed E-state index contributed by atoms with van der Waals surface area (Å²) in [4.78, 5) is 22.1. The topological polar surface area (TPSA) is 72.2 Å². The molecule has 2 aromatic carbocycles. The Labute approximate surface area is 195 Å². The molecule has 0 aliphatic heterocycles. The predicted molar refractivity (Wildman–Crippen MR) is 133 cm³/mol. The van der Waals surface area contributed by atoms with Gasteiger partial charge < -0.3 is 5.32 Å². The van der Waals surface area contributed by atoms with Crippen LogP contribution in [0.5, 0.6) is 0 Å². The average molecular weight is 442 g/mol. The van der Waals surface area contributed by atoms with Crippen LogP contribution in [0.25, 0.3) is 17.2 Å². The molecule has 2 heterocycles. The fourth-order valence-corrected chi connectivity index (χ4v) is 3.95. The summed E-state index contributed by atoms with van der Waals surface area (Å²) >= 11 is 0. The molecule has 33 heavy (non-hydrogen) atoms. The summed E-state index contributed by atoms with van der Waals surface area (Å²) in [6.07, 6.45) is 0.226. The van der Waals surface area contributed by atoms with Gasteiger partial charge in [-0.05, 0) is 55.9 Å². The van der Waals surface area contributed by atoms with Crippen molar-refractivity contribution >= 4 is 17.4 Å². The van der Waals surface area contributed by atoms with Gasteiger partial charge in [0.25, 0.3) is 5.78 Å². The predicted octanol–water partition coefficient (Wildman–Crippen LogP) is 5.50. The van der Waals surface area contributed by atoms with Crippen LogP contribution in [0, 0.1) is 27.7 Å². The minimum atomic E-state index is -0.0749. The van der Waals surface area contributed by atoms with E-state index in [0.29, 0.717) is 11.6 Å². The van der Waals surface area contributed by atoms with Crippen LogP contribution < -0.4 is 5.32 Å². The molecule has 0 radical (unpaired) electrons. The third-order valence-corrected chi connectivity index (χ3v) is 6.27. The Bertz CT molecular complexity index is 1340. The van der Waals surface area contributed by atoms with Crippen LogP contribution in [0.2, 0.25) is 0 Å². The first-order valence-electron chi connectivity index (χ1n) is 11.2. The lowest BCUT2D eigenvalue weighted by Crippen LogP contribution is -2.18. The number of rotatable bonds is 4. The Balaban J connectivity index is 1.63. The van der Waals surface area contributed by atoms with Crippen molar-refractivity contribution in [2.24, 2.45) is 0 Å². The first-order chi connectivity index (χ1) is 15.5. The number of hydrogen-bond acceptors (Lipinski definition) is 4. The number of anilines is 1. The molecule has 0 aliphatic carbocycles. The van der Waals surface area contributed by atoms with E-state index >= 15 is 0 Å². The number of benzene rings is 2. The van der Waals surface area contributed by atoms with Crippen LogP contribution in [-0.2, 0) is 16.6 Å². The lowest BCUT2D eigenvalue weighted by Gasteiger charge is -2.18. The Morgan fingerprint density at radius 1 is 0.970 bits per heavy atom. The van der Waals surface area contributed by atoms with Gasteiger partial charge in [-0.1, -0.05) is 57.2 Å². The molecular formula is C27H31N5O. The molecule has 0 bridgehead atoms. The maximum absolute atomic E-state index is 12.8. The van der Waals surface area contributed by atoms with E-state index < -0.39 is 0 Å². The van der Waals surface area contributed by atoms with Crippen molar-refractivity contribution in [1.82, 2.24) is 19.6 Å². The SMILES string of the molecule is Cc1cccc(NC(=O)Cc2c(C)nc3nc(-c4ccc(C(C)(C)C)cc4)nn3c2C)c1C. The second kappa shape index (κ2) is 8.43. The van der Waals surface area contributed by atoms with E-state index in [1.54, 1.807) is 4.52 Å². The van der Waals surface area contributed by atoms with Gasteiger partial charge in [-0.2, -0.15) is 4.98 Å². The van der Waals surface area contributed by atoms with Gasteiger partial charge in [0.1, 0.15) is 0 Å². The molecule has 6 heteroatoms. The summed E-state index contributed by atoms with van der Waals surface area (Å²) < 4.78 is 1.74. The van der Waals surface area contributed by atoms with Crippen LogP contribution >= 0.6 is 0 Å². The molecule has 0 spiro atoms. The number of amides is 1. The van der Waals surface area contributed by atoms with Crippen molar-refractivity contribution in [2.45, 2.75) is 60.3 Å². The quantitative estimate of drug-likeness (QED) is 0.454. The van der Waals surface area contributed by atoms with Crippen LogP contribution in [0.1, 0.15) is 54.4 Å². The number of hydrogen-bond donors (Lipinski definition) is 1. The van der Waals surface area contributed by atoms with Gasteiger partial charge >= 0.3 is 0 Å². The maximum atomic E-state index is 12.8. The van der Waals surface area contributed by atoms with Crippen molar-refractivity contribution in [2.75, 3.05) is 5.32 Å². The lowest BCUT2D eigenvalue weighted by atomic mass is 9.87. The minimum Gasteiger partial charge on any atom is -0.326 e. The zero-order valence-corrected chi connectivity index (χ0v) is 20.4. The molecule has 4 rings (SSSR count). The molecule has 0 fully saturated rings. The fraction of sp³-hybridized carbons (Fsp3) is 0.333. The van der Waals surface area contributed by atoms with Crippen LogP contribution in [0.15, 0.2) is 42.5 Å². The zero-order chi connectivity index (χ0) is 23.9. The van der Waals surface area contributed by atoms with E-state index in [-0.39, 0.29) is 17.7 Å². The summed E-state index contributed by atoms with van der Waals surface area (Å²) in [5.74, 6) is 1.09. The molecule has 0 atom stereocenters. The molecular weight excluding hydrogens is 410 g/mol. The maximum Gasteiger partial charge on any atom is 0.253 e. The highest BCUT2D eigenvalue weighted by Crippen LogP contribution is 2.26. The Kier molecular flexibility index (Phi) is 5.78. The van der Waals surface area contributed by atoms with Crippen LogP contribution in [-0.4, -0.2) is 25.5 Å². The number of nitrogens with zero attached hydrogens (tertiary/aromatic N) is 4. The van der Waals surface area contributed by atoms with E-state index in [1.807, 2.05) is 45.9 Å². The summed E-state index contributed by atoms with van der Waals surface area (Å²) in [5.41, 5.74) is 7.89. The van der Waals surface area contributed by atoms with Gasteiger partial charge in [-0.25, -0.2) is 9.50 Å².